The Bertz CT molecular complexity index is 956. The average molecular weight is 380 g/mol. The van der Waals surface area contributed by atoms with Gasteiger partial charge in [0.05, 0.1) is 35.2 Å². The van der Waals surface area contributed by atoms with Crippen LogP contribution in [0.25, 0.3) is 11.3 Å². The van der Waals surface area contributed by atoms with E-state index in [-0.39, 0.29) is 11.9 Å². The minimum atomic E-state index is 0.0166. The van der Waals surface area contributed by atoms with Crippen LogP contribution in [-0.2, 0) is 13.5 Å². The molecular formula is C20H24N6O2. The third kappa shape index (κ3) is 3.54. The molecule has 4 rings (SSSR count). The minimum absolute atomic E-state index is 0.0166. The number of carbonyl (C=O) groups is 1. The monoisotopic (exact) mass is 380 g/mol. The van der Waals surface area contributed by atoms with Crippen molar-refractivity contribution in [3.05, 3.63) is 47.8 Å². The second-order valence-corrected chi connectivity index (χ2v) is 7.35. The zero-order valence-corrected chi connectivity index (χ0v) is 16.4. The first-order valence-corrected chi connectivity index (χ1v) is 9.56. The summed E-state index contributed by atoms with van der Waals surface area (Å²) in [5, 5.41) is 3.97. The van der Waals surface area contributed by atoms with E-state index in [9.17, 15) is 4.79 Å². The van der Waals surface area contributed by atoms with Crippen molar-refractivity contribution in [2.24, 2.45) is 7.05 Å². The first-order valence-electron chi connectivity index (χ1n) is 9.56. The molecule has 1 unspecified atom stereocenters. The molecule has 4 heterocycles. The Morgan fingerprint density at radius 3 is 2.75 bits per heavy atom. The Labute approximate surface area is 163 Å². The van der Waals surface area contributed by atoms with Gasteiger partial charge in [-0.25, -0.2) is 4.98 Å². The normalized spacial score (nSPS) is 16.7. The van der Waals surface area contributed by atoms with Crippen molar-refractivity contribution < 1.29 is 9.32 Å². The van der Waals surface area contributed by atoms with E-state index < -0.39 is 0 Å². The van der Waals surface area contributed by atoms with E-state index in [2.05, 4.69) is 20.1 Å². The quantitative estimate of drug-likeness (QED) is 0.676. The lowest BCUT2D eigenvalue weighted by Gasteiger charge is -2.23. The first-order chi connectivity index (χ1) is 13.5. The number of aryl methyl sites for hydroxylation is 4. The molecule has 0 aliphatic carbocycles. The minimum Gasteiger partial charge on any atom is -0.361 e. The zero-order valence-electron chi connectivity index (χ0n) is 16.4. The van der Waals surface area contributed by atoms with Gasteiger partial charge in [0.15, 0.2) is 0 Å². The van der Waals surface area contributed by atoms with Crippen LogP contribution in [0.5, 0.6) is 0 Å². The Kier molecular flexibility index (Phi) is 4.93. The van der Waals surface area contributed by atoms with Crippen molar-refractivity contribution in [1.29, 1.82) is 0 Å². The molecule has 8 nitrogen and oxygen atoms in total. The summed E-state index contributed by atoms with van der Waals surface area (Å²) in [5.74, 6) is 0.761. The third-order valence-electron chi connectivity index (χ3n) is 5.29. The van der Waals surface area contributed by atoms with E-state index in [1.807, 2.05) is 25.8 Å². The predicted octanol–water partition coefficient (Wildman–Crippen LogP) is 2.72. The van der Waals surface area contributed by atoms with Gasteiger partial charge in [-0.3, -0.25) is 14.8 Å². The van der Waals surface area contributed by atoms with E-state index in [4.69, 9.17) is 4.52 Å². The molecule has 1 aliphatic heterocycles. The number of rotatable bonds is 5. The Hall–Kier alpha value is -3.03. The summed E-state index contributed by atoms with van der Waals surface area (Å²) in [6, 6.07) is 0.221. The highest BCUT2D eigenvalue weighted by Gasteiger charge is 2.30. The molecule has 0 spiro atoms. The lowest BCUT2D eigenvalue weighted by molar-refractivity contribution is 0.0725. The van der Waals surface area contributed by atoms with Crippen LogP contribution in [-0.4, -0.2) is 48.1 Å². The molecule has 1 fully saturated rings. The largest absolute Gasteiger partial charge is 0.361 e. The topological polar surface area (TPSA) is 89.9 Å². The highest BCUT2D eigenvalue weighted by Crippen LogP contribution is 2.25. The molecule has 3 aromatic rings. The van der Waals surface area contributed by atoms with E-state index in [0.29, 0.717) is 5.69 Å². The number of aromatic nitrogens is 5. The smallest absolute Gasteiger partial charge is 0.274 e. The maximum atomic E-state index is 12.7. The van der Waals surface area contributed by atoms with Gasteiger partial charge in [-0.2, -0.15) is 0 Å². The van der Waals surface area contributed by atoms with Gasteiger partial charge < -0.3 is 14.0 Å². The van der Waals surface area contributed by atoms with Crippen molar-refractivity contribution >= 4 is 5.91 Å². The van der Waals surface area contributed by atoms with E-state index >= 15 is 0 Å². The van der Waals surface area contributed by atoms with Crippen LogP contribution in [0.1, 0.15) is 46.9 Å². The standard InChI is InChI=1S/C20H24N6O2/c1-13-19(14(2)28-24-13)17-10-21-15(9-22-17)6-7-16-5-4-8-26(16)20(27)18-11-25(3)12-23-18/h9-12,16H,4-8H2,1-3H3. The van der Waals surface area contributed by atoms with Crippen molar-refractivity contribution in [2.45, 2.75) is 45.6 Å². The second-order valence-electron chi connectivity index (χ2n) is 7.35. The van der Waals surface area contributed by atoms with Crippen molar-refractivity contribution in [3.63, 3.8) is 0 Å². The summed E-state index contributed by atoms with van der Waals surface area (Å²) >= 11 is 0. The van der Waals surface area contributed by atoms with Crippen molar-refractivity contribution in [1.82, 2.24) is 29.6 Å². The second kappa shape index (κ2) is 7.53. The summed E-state index contributed by atoms with van der Waals surface area (Å²) < 4.78 is 7.01. The number of nitrogens with zero attached hydrogens (tertiary/aromatic N) is 6. The molecule has 28 heavy (non-hydrogen) atoms. The number of hydrogen-bond acceptors (Lipinski definition) is 6. The lowest BCUT2D eigenvalue weighted by atomic mass is 10.1. The zero-order chi connectivity index (χ0) is 19.7. The van der Waals surface area contributed by atoms with Crippen LogP contribution in [0.3, 0.4) is 0 Å². The molecule has 8 heteroatoms. The van der Waals surface area contributed by atoms with Gasteiger partial charge in [0.25, 0.3) is 5.91 Å². The van der Waals surface area contributed by atoms with Crippen LogP contribution >= 0.6 is 0 Å². The molecule has 0 aromatic carbocycles. The van der Waals surface area contributed by atoms with Crippen LogP contribution in [0, 0.1) is 13.8 Å². The van der Waals surface area contributed by atoms with E-state index in [1.165, 1.54) is 0 Å². The van der Waals surface area contributed by atoms with Gasteiger partial charge in [0.2, 0.25) is 0 Å². The maximum Gasteiger partial charge on any atom is 0.274 e. The fourth-order valence-electron chi connectivity index (χ4n) is 3.85. The highest BCUT2D eigenvalue weighted by atomic mass is 16.5. The Morgan fingerprint density at radius 2 is 2.11 bits per heavy atom. The van der Waals surface area contributed by atoms with Crippen LogP contribution in [0.4, 0.5) is 0 Å². The molecule has 1 aliphatic rings. The Balaban J connectivity index is 1.40. The molecule has 0 N–H and O–H groups in total. The van der Waals surface area contributed by atoms with Gasteiger partial charge >= 0.3 is 0 Å². The summed E-state index contributed by atoms with van der Waals surface area (Å²) in [7, 11) is 1.87. The van der Waals surface area contributed by atoms with Gasteiger partial charge in [-0.15, -0.1) is 0 Å². The third-order valence-corrected chi connectivity index (χ3v) is 5.29. The van der Waals surface area contributed by atoms with E-state index in [0.717, 1.165) is 60.6 Å². The molecule has 1 saturated heterocycles. The average Bonchev–Trinajstić information content (AvgIpc) is 3.41. The fourth-order valence-corrected chi connectivity index (χ4v) is 3.85. The highest BCUT2D eigenvalue weighted by molar-refractivity contribution is 5.92. The molecule has 0 radical (unpaired) electrons. The molecule has 146 valence electrons. The Morgan fingerprint density at radius 1 is 1.25 bits per heavy atom. The fraction of sp³-hybridized carbons (Fsp3) is 0.450. The molecule has 3 aromatic heterocycles. The summed E-state index contributed by atoms with van der Waals surface area (Å²) in [5.41, 5.74) is 3.93. The maximum absolute atomic E-state index is 12.7. The lowest BCUT2D eigenvalue weighted by Crippen LogP contribution is -2.36. The number of amides is 1. The predicted molar refractivity (Wildman–Crippen MR) is 103 cm³/mol. The number of imidazole rings is 1. The molecular weight excluding hydrogens is 356 g/mol. The molecule has 1 amide bonds. The van der Waals surface area contributed by atoms with Crippen molar-refractivity contribution in [3.8, 4) is 11.3 Å². The summed E-state index contributed by atoms with van der Waals surface area (Å²) in [4.78, 5) is 28.0. The van der Waals surface area contributed by atoms with Gasteiger partial charge in [-0.1, -0.05) is 5.16 Å². The first kappa shape index (κ1) is 18.3. The number of likely N-dealkylation sites (tertiary alicyclic amines) is 1. The van der Waals surface area contributed by atoms with Gasteiger partial charge in [-0.05, 0) is 39.5 Å². The number of hydrogen-bond donors (Lipinski definition) is 0. The van der Waals surface area contributed by atoms with Crippen molar-refractivity contribution in [2.75, 3.05) is 6.54 Å². The number of carbonyl (C=O) groups excluding carboxylic acids is 1. The van der Waals surface area contributed by atoms with E-state index in [1.54, 1.807) is 29.5 Å². The molecule has 0 bridgehead atoms. The summed E-state index contributed by atoms with van der Waals surface area (Å²) in [6.45, 7) is 4.56. The van der Waals surface area contributed by atoms with Crippen LogP contribution in [0.2, 0.25) is 0 Å². The van der Waals surface area contributed by atoms with Gasteiger partial charge in [0, 0.05) is 32.0 Å². The van der Waals surface area contributed by atoms with Crippen LogP contribution < -0.4 is 0 Å². The van der Waals surface area contributed by atoms with Crippen LogP contribution in [0.15, 0.2) is 29.4 Å². The molecule has 1 atom stereocenters. The SMILES string of the molecule is Cc1noc(C)c1-c1cnc(CCC2CCCN2C(=O)c2cn(C)cn2)cn1. The summed E-state index contributed by atoms with van der Waals surface area (Å²) in [6.07, 6.45) is 10.7. The van der Waals surface area contributed by atoms with Gasteiger partial charge in [0.1, 0.15) is 11.5 Å². The molecule has 0 saturated carbocycles.